The first-order valence-electron chi connectivity index (χ1n) is 4.57. The SMILES string of the molecule is O=C(NCc1ccccc1)c1nnc(Cl)s1. The highest BCUT2D eigenvalue weighted by Gasteiger charge is 2.10. The van der Waals surface area contributed by atoms with Crippen molar-refractivity contribution < 1.29 is 4.79 Å². The van der Waals surface area contributed by atoms with Gasteiger partial charge in [0.05, 0.1) is 0 Å². The van der Waals surface area contributed by atoms with Crippen LogP contribution in [0.4, 0.5) is 0 Å². The van der Waals surface area contributed by atoms with Crippen LogP contribution in [0.15, 0.2) is 30.3 Å². The second kappa shape index (κ2) is 5.05. The van der Waals surface area contributed by atoms with Crippen LogP contribution < -0.4 is 5.32 Å². The van der Waals surface area contributed by atoms with E-state index in [-0.39, 0.29) is 15.4 Å². The minimum Gasteiger partial charge on any atom is -0.346 e. The zero-order valence-electron chi connectivity index (χ0n) is 8.18. The van der Waals surface area contributed by atoms with E-state index in [0.29, 0.717) is 6.54 Å². The van der Waals surface area contributed by atoms with Crippen LogP contribution in [0, 0.1) is 0 Å². The fraction of sp³-hybridized carbons (Fsp3) is 0.100. The maximum atomic E-state index is 11.6. The lowest BCUT2D eigenvalue weighted by molar-refractivity contribution is 0.0950. The molecule has 0 bridgehead atoms. The zero-order valence-corrected chi connectivity index (χ0v) is 9.76. The fourth-order valence-electron chi connectivity index (χ4n) is 1.15. The topological polar surface area (TPSA) is 54.9 Å². The third-order valence-electron chi connectivity index (χ3n) is 1.89. The standard InChI is InChI=1S/C10H8ClN3OS/c11-10-14-13-9(16-10)8(15)12-6-7-4-2-1-3-5-7/h1-5H,6H2,(H,12,15). The Balaban J connectivity index is 1.94. The van der Waals surface area contributed by atoms with Crippen LogP contribution >= 0.6 is 22.9 Å². The number of carbonyl (C=O) groups is 1. The van der Waals surface area contributed by atoms with Crippen molar-refractivity contribution in [1.82, 2.24) is 15.5 Å². The predicted molar refractivity (Wildman–Crippen MR) is 62.5 cm³/mol. The smallest absolute Gasteiger partial charge is 0.282 e. The van der Waals surface area contributed by atoms with Gasteiger partial charge in [-0.2, -0.15) is 0 Å². The molecule has 0 atom stereocenters. The van der Waals surface area contributed by atoms with Crippen LogP contribution in [-0.4, -0.2) is 16.1 Å². The molecule has 2 aromatic rings. The van der Waals surface area contributed by atoms with Gasteiger partial charge in [-0.1, -0.05) is 41.7 Å². The molecule has 1 aromatic carbocycles. The summed E-state index contributed by atoms with van der Waals surface area (Å²) < 4.78 is 0.268. The van der Waals surface area contributed by atoms with Crippen molar-refractivity contribution >= 4 is 28.8 Å². The van der Waals surface area contributed by atoms with Crippen molar-refractivity contribution in [2.75, 3.05) is 0 Å². The summed E-state index contributed by atoms with van der Waals surface area (Å²) in [6, 6.07) is 9.64. The fourth-order valence-corrected chi connectivity index (χ4v) is 1.90. The number of amides is 1. The summed E-state index contributed by atoms with van der Waals surface area (Å²) >= 11 is 6.65. The van der Waals surface area contributed by atoms with Crippen LogP contribution in [0.25, 0.3) is 0 Å². The van der Waals surface area contributed by atoms with Gasteiger partial charge in [-0.05, 0) is 17.2 Å². The number of carbonyl (C=O) groups excluding carboxylic acids is 1. The lowest BCUT2D eigenvalue weighted by Crippen LogP contribution is -2.22. The summed E-state index contributed by atoms with van der Waals surface area (Å²) in [4.78, 5) is 11.6. The first-order valence-corrected chi connectivity index (χ1v) is 5.76. The van der Waals surface area contributed by atoms with E-state index in [1.54, 1.807) is 0 Å². The molecule has 2 rings (SSSR count). The molecule has 0 unspecified atom stereocenters. The van der Waals surface area contributed by atoms with Gasteiger partial charge in [0.15, 0.2) is 0 Å². The summed E-state index contributed by atoms with van der Waals surface area (Å²) in [5, 5.41) is 10.2. The van der Waals surface area contributed by atoms with E-state index >= 15 is 0 Å². The quantitative estimate of drug-likeness (QED) is 0.912. The molecule has 0 fully saturated rings. The van der Waals surface area contributed by atoms with Crippen LogP contribution in [0.1, 0.15) is 15.4 Å². The molecule has 0 radical (unpaired) electrons. The number of halogens is 1. The van der Waals surface area contributed by atoms with E-state index < -0.39 is 0 Å². The minimum atomic E-state index is -0.256. The van der Waals surface area contributed by atoms with Gasteiger partial charge in [0.25, 0.3) is 5.91 Å². The molecule has 0 aliphatic carbocycles. The van der Waals surface area contributed by atoms with Crippen molar-refractivity contribution in [2.24, 2.45) is 0 Å². The average Bonchev–Trinajstić information content (AvgIpc) is 2.74. The number of hydrogen-bond acceptors (Lipinski definition) is 4. The molecule has 0 spiro atoms. The number of aromatic nitrogens is 2. The summed E-state index contributed by atoms with van der Waals surface area (Å²) in [5.41, 5.74) is 1.03. The lowest BCUT2D eigenvalue weighted by Gasteiger charge is -2.01. The second-order valence-electron chi connectivity index (χ2n) is 3.03. The molecule has 4 nitrogen and oxygen atoms in total. The van der Waals surface area contributed by atoms with Crippen LogP contribution in [-0.2, 0) is 6.54 Å². The van der Waals surface area contributed by atoms with E-state index in [4.69, 9.17) is 11.6 Å². The number of nitrogens with zero attached hydrogens (tertiary/aromatic N) is 2. The van der Waals surface area contributed by atoms with Crippen LogP contribution in [0.2, 0.25) is 4.47 Å². The second-order valence-corrected chi connectivity index (χ2v) is 4.59. The Kier molecular flexibility index (Phi) is 3.48. The average molecular weight is 254 g/mol. The van der Waals surface area contributed by atoms with Crippen LogP contribution in [0.5, 0.6) is 0 Å². The van der Waals surface area contributed by atoms with E-state index in [0.717, 1.165) is 16.9 Å². The summed E-state index contributed by atoms with van der Waals surface area (Å²) in [5.74, 6) is -0.256. The van der Waals surface area contributed by atoms with E-state index in [9.17, 15) is 4.79 Å². The maximum absolute atomic E-state index is 11.6. The Morgan fingerprint density at radius 2 is 2.06 bits per heavy atom. The Bertz CT molecular complexity index is 486. The Morgan fingerprint density at radius 1 is 1.31 bits per heavy atom. The highest BCUT2D eigenvalue weighted by molar-refractivity contribution is 7.17. The van der Waals surface area contributed by atoms with Gasteiger partial charge < -0.3 is 5.32 Å². The summed E-state index contributed by atoms with van der Waals surface area (Å²) in [6.45, 7) is 0.469. The third-order valence-corrected chi connectivity index (χ3v) is 2.91. The molecule has 1 heterocycles. The first kappa shape index (κ1) is 11.0. The number of rotatable bonds is 3. The molecule has 82 valence electrons. The van der Waals surface area contributed by atoms with E-state index in [1.165, 1.54) is 0 Å². The minimum absolute atomic E-state index is 0.256. The van der Waals surface area contributed by atoms with Crippen molar-refractivity contribution in [3.8, 4) is 0 Å². The number of benzene rings is 1. The predicted octanol–water partition coefficient (Wildman–Crippen LogP) is 2.12. The molecular formula is C10H8ClN3OS. The van der Waals surface area contributed by atoms with Crippen LogP contribution in [0.3, 0.4) is 0 Å². The van der Waals surface area contributed by atoms with Crippen molar-refractivity contribution in [2.45, 2.75) is 6.54 Å². The van der Waals surface area contributed by atoms with E-state index in [1.807, 2.05) is 30.3 Å². The van der Waals surface area contributed by atoms with Crippen molar-refractivity contribution in [1.29, 1.82) is 0 Å². The molecule has 0 saturated heterocycles. The van der Waals surface area contributed by atoms with Crippen molar-refractivity contribution in [3.63, 3.8) is 0 Å². The summed E-state index contributed by atoms with van der Waals surface area (Å²) in [6.07, 6.45) is 0. The third kappa shape index (κ3) is 2.77. The maximum Gasteiger partial charge on any atom is 0.282 e. The van der Waals surface area contributed by atoms with Crippen molar-refractivity contribution in [3.05, 3.63) is 45.4 Å². The Labute approximate surface area is 101 Å². The number of nitrogens with one attached hydrogen (secondary N) is 1. The molecule has 6 heteroatoms. The van der Waals surface area contributed by atoms with Gasteiger partial charge in [-0.15, -0.1) is 10.2 Å². The normalized spacial score (nSPS) is 10.1. The highest BCUT2D eigenvalue weighted by atomic mass is 35.5. The Hall–Kier alpha value is -1.46. The molecule has 1 N–H and O–H groups in total. The Morgan fingerprint density at radius 3 is 2.69 bits per heavy atom. The van der Waals surface area contributed by atoms with Gasteiger partial charge >= 0.3 is 0 Å². The van der Waals surface area contributed by atoms with Gasteiger partial charge in [-0.25, -0.2) is 0 Å². The molecular weight excluding hydrogens is 246 g/mol. The molecule has 1 amide bonds. The van der Waals surface area contributed by atoms with Gasteiger partial charge in [0.2, 0.25) is 9.47 Å². The zero-order chi connectivity index (χ0) is 11.4. The number of hydrogen-bond donors (Lipinski definition) is 1. The first-order chi connectivity index (χ1) is 7.75. The molecule has 16 heavy (non-hydrogen) atoms. The van der Waals surface area contributed by atoms with E-state index in [2.05, 4.69) is 15.5 Å². The largest absolute Gasteiger partial charge is 0.346 e. The molecule has 1 aromatic heterocycles. The molecule has 0 aliphatic heterocycles. The lowest BCUT2D eigenvalue weighted by atomic mass is 10.2. The summed E-state index contributed by atoms with van der Waals surface area (Å²) in [7, 11) is 0. The van der Waals surface area contributed by atoms with Gasteiger partial charge in [0.1, 0.15) is 0 Å². The van der Waals surface area contributed by atoms with Gasteiger partial charge in [-0.3, -0.25) is 4.79 Å². The highest BCUT2D eigenvalue weighted by Crippen LogP contribution is 2.14. The molecule has 0 aliphatic rings. The molecule has 0 saturated carbocycles. The van der Waals surface area contributed by atoms with Gasteiger partial charge in [0, 0.05) is 6.54 Å². The monoisotopic (exact) mass is 253 g/mol.